The summed E-state index contributed by atoms with van der Waals surface area (Å²) in [5.41, 5.74) is 1.03. The Morgan fingerprint density at radius 3 is 2.58 bits per heavy atom. The largest absolute Gasteiger partial charge is 0.317 e. The highest BCUT2D eigenvalue weighted by atomic mass is 19.1. The van der Waals surface area contributed by atoms with Crippen LogP contribution in [-0.4, -0.2) is 32.7 Å². The van der Waals surface area contributed by atoms with Crippen molar-refractivity contribution in [2.45, 2.75) is 63.5 Å². The van der Waals surface area contributed by atoms with Gasteiger partial charge in [0.05, 0.1) is 0 Å². The van der Waals surface area contributed by atoms with E-state index in [0.29, 0.717) is 17.0 Å². The summed E-state index contributed by atoms with van der Waals surface area (Å²) < 4.78 is 27.7. The van der Waals surface area contributed by atoms with Crippen LogP contribution in [0.5, 0.6) is 0 Å². The van der Waals surface area contributed by atoms with Crippen molar-refractivity contribution in [3.63, 3.8) is 0 Å². The van der Waals surface area contributed by atoms with Crippen molar-refractivity contribution in [1.29, 1.82) is 0 Å². The Balaban J connectivity index is 1.72. The zero-order chi connectivity index (χ0) is 18.4. The summed E-state index contributed by atoms with van der Waals surface area (Å²) in [5, 5.41) is 10.6. The van der Waals surface area contributed by atoms with E-state index >= 15 is 0 Å². The second-order valence-corrected chi connectivity index (χ2v) is 8.17. The van der Waals surface area contributed by atoms with E-state index in [1.807, 2.05) is 7.05 Å². The fourth-order valence-corrected chi connectivity index (χ4v) is 4.78. The molecule has 1 aliphatic heterocycles. The Hall–Kier alpha value is -1.04. The standard InChI is InChI=1S/C21H33F2N3/c1-24-17-7-12-25-15-21(8-2-3-9-21)10-4-11-26-20(14-17)18-6-5-16(22)13-19(18)23/h5-6,13,17,20,24-26H,2-4,7-12,14-15H2,1H3. The van der Waals surface area contributed by atoms with Gasteiger partial charge in [-0.15, -0.1) is 0 Å². The van der Waals surface area contributed by atoms with Crippen LogP contribution < -0.4 is 16.0 Å². The predicted molar refractivity (Wildman–Crippen MR) is 102 cm³/mol. The van der Waals surface area contributed by atoms with Gasteiger partial charge in [-0.1, -0.05) is 18.9 Å². The lowest BCUT2D eigenvalue weighted by Crippen LogP contribution is -2.39. The van der Waals surface area contributed by atoms with Crippen molar-refractivity contribution in [3.05, 3.63) is 35.4 Å². The van der Waals surface area contributed by atoms with Crippen LogP contribution in [0.2, 0.25) is 0 Å². The number of rotatable bonds is 2. The van der Waals surface area contributed by atoms with Gasteiger partial charge in [-0.05, 0) is 70.1 Å². The van der Waals surface area contributed by atoms with E-state index in [1.165, 1.54) is 38.2 Å². The Labute approximate surface area is 156 Å². The summed E-state index contributed by atoms with van der Waals surface area (Å²) in [4.78, 5) is 0. The molecule has 0 radical (unpaired) electrons. The number of hydrogen-bond acceptors (Lipinski definition) is 3. The first-order chi connectivity index (χ1) is 12.6. The molecule has 0 bridgehead atoms. The van der Waals surface area contributed by atoms with Gasteiger partial charge in [0.15, 0.2) is 0 Å². The predicted octanol–water partition coefficient (Wildman–Crippen LogP) is 3.91. The summed E-state index contributed by atoms with van der Waals surface area (Å²) in [6, 6.07) is 4.16. The lowest BCUT2D eigenvalue weighted by atomic mass is 9.81. The maximum absolute atomic E-state index is 14.4. The number of benzene rings is 1. The van der Waals surface area contributed by atoms with E-state index in [4.69, 9.17) is 0 Å². The zero-order valence-electron chi connectivity index (χ0n) is 15.9. The molecule has 3 nitrogen and oxygen atoms in total. The van der Waals surface area contributed by atoms with Gasteiger partial charge in [0, 0.05) is 30.3 Å². The van der Waals surface area contributed by atoms with Crippen LogP contribution in [0.25, 0.3) is 0 Å². The zero-order valence-corrected chi connectivity index (χ0v) is 15.9. The van der Waals surface area contributed by atoms with Crippen LogP contribution in [0.4, 0.5) is 8.78 Å². The molecule has 1 heterocycles. The molecular formula is C21H33F2N3. The summed E-state index contributed by atoms with van der Waals surface area (Å²) in [6.07, 6.45) is 9.47. The molecule has 1 aromatic rings. The Kier molecular flexibility index (Phi) is 7.01. The van der Waals surface area contributed by atoms with E-state index in [2.05, 4.69) is 16.0 Å². The molecule has 3 N–H and O–H groups in total. The lowest BCUT2D eigenvalue weighted by molar-refractivity contribution is 0.240. The lowest BCUT2D eigenvalue weighted by Gasteiger charge is -2.32. The summed E-state index contributed by atoms with van der Waals surface area (Å²) in [7, 11) is 1.97. The minimum atomic E-state index is -0.517. The molecule has 3 rings (SSSR count). The molecule has 1 saturated carbocycles. The normalized spacial score (nSPS) is 27.8. The van der Waals surface area contributed by atoms with Crippen LogP contribution >= 0.6 is 0 Å². The van der Waals surface area contributed by atoms with Crippen molar-refractivity contribution in [2.24, 2.45) is 5.41 Å². The maximum Gasteiger partial charge on any atom is 0.130 e. The first-order valence-corrected chi connectivity index (χ1v) is 10.2. The fraction of sp³-hybridized carbons (Fsp3) is 0.714. The first-order valence-electron chi connectivity index (χ1n) is 10.2. The molecule has 26 heavy (non-hydrogen) atoms. The van der Waals surface area contributed by atoms with E-state index in [0.717, 1.165) is 45.0 Å². The average Bonchev–Trinajstić information content (AvgIpc) is 3.08. The Morgan fingerprint density at radius 1 is 1.08 bits per heavy atom. The van der Waals surface area contributed by atoms with Crippen molar-refractivity contribution in [3.8, 4) is 0 Å². The summed E-state index contributed by atoms with van der Waals surface area (Å²) in [5.74, 6) is -0.966. The highest BCUT2D eigenvalue weighted by molar-refractivity contribution is 5.22. The molecule has 0 amide bonds. The van der Waals surface area contributed by atoms with Crippen LogP contribution in [0.1, 0.15) is 63.0 Å². The summed E-state index contributed by atoms with van der Waals surface area (Å²) in [6.45, 7) is 2.98. The van der Waals surface area contributed by atoms with Gasteiger partial charge >= 0.3 is 0 Å². The van der Waals surface area contributed by atoms with Gasteiger partial charge < -0.3 is 16.0 Å². The van der Waals surface area contributed by atoms with Gasteiger partial charge in [-0.25, -0.2) is 8.78 Å². The third-order valence-electron chi connectivity index (χ3n) is 6.37. The van der Waals surface area contributed by atoms with Crippen LogP contribution in [0.3, 0.4) is 0 Å². The molecule has 2 atom stereocenters. The molecule has 2 fully saturated rings. The van der Waals surface area contributed by atoms with Gasteiger partial charge in [0.1, 0.15) is 11.6 Å². The molecule has 1 spiro atoms. The highest BCUT2D eigenvalue weighted by Gasteiger charge is 2.33. The summed E-state index contributed by atoms with van der Waals surface area (Å²) >= 11 is 0. The van der Waals surface area contributed by atoms with Gasteiger partial charge in [0.25, 0.3) is 0 Å². The topological polar surface area (TPSA) is 36.1 Å². The maximum atomic E-state index is 14.4. The second kappa shape index (κ2) is 9.25. The van der Waals surface area contributed by atoms with Crippen LogP contribution in [0, 0.1) is 17.0 Å². The van der Waals surface area contributed by atoms with Crippen molar-refractivity contribution >= 4 is 0 Å². The monoisotopic (exact) mass is 365 g/mol. The molecule has 1 aromatic carbocycles. The van der Waals surface area contributed by atoms with Crippen LogP contribution in [-0.2, 0) is 0 Å². The smallest absolute Gasteiger partial charge is 0.130 e. The first kappa shape index (κ1) is 19.7. The number of hydrogen-bond donors (Lipinski definition) is 3. The third kappa shape index (κ3) is 5.02. The van der Waals surface area contributed by atoms with Crippen molar-refractivity contribution in [1.82, 2.24) is 16.0 Å². The molecule has 5 heteroatoms. The molecule has 146 valence electrons. The van der Waals surface area contributed by atoms with E-state index in [1.54, 1.807) is 6.07 Å². The van der Waals surface area contributed by atoms with E-state index < -0.39 is 11.6 Å². The van der Waals surface area contributed by atoms with Crippen LogP contribution in [0.15, 0.2) is 18.2 Å². The van der Waals surface area contributed by atoms with Crippen molar-refractivity contribution < 1.29 is 8.78 Å². The Bertz CT molecular complexity index is 572. The second-order valence-electron chi connectivity index (χ2n) is 8.17. The van der Waals surface area contributed by atoms with Gasteiger partial charge in [-0.2, -0.15) is 0 Å². The van der Waals surface area contributed by atoms with E-state index in [-0.39, 0.29) is 6.04 Å². The van der Waals surface area contributed by atoms with E-state index in [9.17, 15) is 8.78 Å². The highest BCUT2D eigenvalue weighted by Crippen LogP contribution is 2.41. The minimum Gasteiger partial charge on any atom is -0.317 e. The molecular weight excluding hydrogens is 332 g/mol. The van der Waals surface area contributed by atoms with Gasteiger partial charge in [-0.3, -0.25) is 0 Å². The molecule has 0 aromatic heterocycles. The molecule has 1 aliphatic carbocycles. The quantitative estimate of drug-likeness (QED) is 0.744. The van der Waals surface area contributed by atoms with Crippen molar-refractivity contribution in [2.75, 3.05) is 26.7 Å². The average molecular weight is 366 g/mol. The molecule has 1 saturated heterocycles. The van der Waals surface area contributed by atoms with Gasteiger partial charge in [0.2, 0.25) is 0 Å². The SMILES string of the molecule is CNC1CCNCC2(CCCC2)CCCNC(c2ccc(F)cc2F)C1. The minimum absolute atomic E-state index is 0.0907. The fourth-order valence-electron chi connectivity index (χ4n) is 4.78. The number of nitrogens with one attached hydrogen (secondary N) is 3. The molecule has 2 unspecified atom stereocenters. The number of halogens is 2. The third-order valence-corrected chi connectivity index (χ3v) is 6.37. The Morgan fingerprint density at radius 2 is 1.85 bits per heavy atom. The molecule has 2 aliphatic rings.